The third kappa shape index (κ3) is 2.34. The topological polar surface area (TPSA) is 12.5 Å². The van der Waals surface area contributed by atoms with Crippen molar-refractivity contribution < 1.29 is 4.74 Å². The average Bonchev–Trinajstić information content (AvgIpc) is 2.23. The molecule has 1 aliphatic heterocycles. The largest absolute Gasteiger partial charge is 0.379 e. The van der Waals surface area contributed by atoms with E-state index < -0.39 is 0 Å². The van der Waals surface area contributed by atoms with E-state index in [1.165, 1.54) is 5.56 Å². The summed E-state index contributed by atoms with van der Waals surface area (Å²) in [6, 6.07) is 11.2. The van der Waals surface area contributed by atoms with Gasteiger partial charge < -0.3 is 4.74 Å². The minimum Gasteiger partial charge on any atom is -0.379 e. The molecule has 14 heavy (non-hydrogen) atoms. The maximum Gasteiger partial charge on any atom is 0.0619 e. The van der Waals surface area contributed by atoms with E-state index in [4.69, 9.17) is 4.74 Å². The van der Waals surface area contributed by atoms with Gasteiger partial charge in [0.2, 0.25) is 0 Å². The molecule has 1 unspecified atom stereocenters. The summed E-state index contributed by atoms with van der Waals surface area (Å²) >= 11 is 0. The smallest absolute Gasteiger partial charge is 0.0619 e. The van der Waals surface area contributed by atoms with E-state index in [9.17, 15) is 0 Å². The fraction of sp³-hybridized carbons (Fsp3) is 0.500. The number of benzene rings is 1. The molecule has 1 atom stereocenters. The Kier molecular flexibility index (Phi) is 3.17. The highest BCUT2D eigenvalue weighted by atomic mass is 16.5. The zero-order valence-corrected chi connectivity index (χ0v) is 8.65. The molecule has 0 amide bonds. The highest BCUT2D eigenvalue weighted by Gasteiger charge is 2.18. The molecular formula is C12H17NO. The van der Waals surface area contributed by atoms with Crippen LogP contribution in [0.3, 0.4) is 0 Å². The van der Waals surface area contributed by atoms with Crippen LogP contribution in [0.25, 0.3) is 0 Å². The maximum atomic E-state index is 5.41. The normalized spacial score (nSPS) is 23.6. The Morgan fingerprint density at radius 2 is 2.14 bits per heavy atom. The van der Waals surface area contributed by atoms with Crippen molar-refractivity contribution in [2.45, 2.75) is 19.5 Å². The molecule has 1 aromatic carbocycles. The predicted octanol–water partition coefficient (Wildman–Crippen LogP) is 1.91. The monoisotopic (exact) mass is 191 g/mol. The third-order valence-corrected chi connectivity index (χ3v) is 2.73. The molecule has 0 aromatic heterocycles. The van der Waals surface area contributed by atoms with Gasteiger partial charge in [-0.15, -0.1) is 0 Å². The van der Waals surface area contributed by atoms with Crippen molar-refractivity contribution in [2.24, 2.45) is 0 Å². The minimum absolute atomic E-state index is 0.545. The number of hydrogen-bond donors (Lipinski definition) is 0. The molecule has 1 saturated heterocycles. The van der Waals surface area contributed by atoms with Gasteiger partial charge in [0, 0.05) is 19.1 Å². The van der Waals surface area contributed by atoms with Crippen LogP contribution >= 0.6 is 0 Å². The standard InChI is InChI=1S/C12H17NO/c1-11-10-14-8-7-13(11)9-12-5-3-2-4-6-12/h2-6,11H,7-10H2,1H3. The van der Waals surface area contributed by atoms with Crippen LogP contribution in [0.5, 0.6) is 0 Å². The molecule has 1 aliphatic rings. The number of nitrogens with zero attached hydrogens (tertiary/aromatic N) is 1. The fourth-order valence-electron chi connectivity index (χ4n) is 1.81. The van der Waals surface area contributed by atoms with E-state index >= 15 is 0 Å². The van der Waals surface area contributed by atoms with Crippen molar-refractivity contribution in [3.8, 4) is 0 Å². The van der Waals surface area contributed by atoms with Crippen molar-refractivity contribution in [1.82, 2.24) is 4.90 Å². The van der Waals surface area contributed by atoms with E-state index in [1.54, 1.807) is 0 Å². The van der Waals surface area contributed by atoms with E-state index in [1.807, 2.05) is 0 Å². The van der Waals surface area contributed by atoms with Gasteiger partial charge in [0.15, 0.2) is 0 Å². The molecule has 76 valence electrons. The van der Waals surface area contributed by atoms with E-state index in [0.717, 1.165) is 26.3 Å². The third-order valence-electron chi connectivity index (χ3n) is 2.73. The first-order chi connectivity index (χ1) is 6.86. The quantitative estimate of drug-likeness (QED) is 0.708. The summed E-state index contributed by atoms with van der Waals surface area (Å²) in [7, 11) is 0. The fourth-order valence-corrected chi connectivity index (χ4v) is 1.81. The molecule has 1 heterocycles. The second kappa shape index (κ2) is 4.58. The Labute approximate surface area is 85.5 Å². The van der Waals surface area contributed by atoms with Crippen LogP contribution in [0.15, 0.2) is 30.3 Å². The van der Waals surface area contributed by atoms with Gasteiger partial charge in [-0.1, -0.05) is 30.3 Å². The number of hydrogen-bond acceptors (Lipinski definition) is 2. The summed E-state index contributed by atoms with van der Waals surface area (Å²) in [6.07, 6.45) is 0. The molecule has 2 heteroatoms. The summed E-state index contributed by atoms with van der Waals surface area (Å²) in [5.74, 6) is 0. The SMILES string of the molecule is CC1COCCN1Cc1ccccc1. The summed E-state index contributed by atoms with van der Waals surface area (Å²) in [6.45, 7) is 6.06. The number of ether oxygens (including phenoxy) is 1. The Bertz CT molecular complexity index is 273. The van der Waals surface area contributed by atoms with Crippen LogP contribution in [-0.2, 0) is 11.3 Å². The van der Waals surface area contributed by atoms with E-state index in [2.05, 4.69) is 42.2 Å². The summed E-state index contributed by atoms with van der Waals surface area (Å²) in [4.78, 5) is 2.47. The van der Waals surface area contributed by atoms with Crippen molar-refractivity contribution in [3.63, 3.8) is 0 Å². The lowest BCUT2D eigenvalue weighted by Gasteiger charge is -2.33. The van der Waals surface area contributed by atoms with Crippen molar-refractivity contribution in [3.05, 3.63) is 35.9 Å². The highest BCUT2D eigenvalue weighted by molar-refractivity contribution is 5.14. The van der Waals surface area contributed by atoms with Gasteiger partial charge in [-0.05, 0) is 12.5 Å². The molecule has 1 aromatic rings. The lowest BCUT2D eigenvalue weighted by atomic mass is 10.2. The van der Waals surface area contributed by atoms with Gasteiger partial charge in [0.1, 0.15) is 0 Å². The second-order valence-corrected chi connectivity index (χ2v) is 3.88. The molecule has 0 N–H and O–H groups in total. The Morgan fingerprint density at radius 3 is 2.86 bits per heavy atom. The Balaban J connectivity index is 1.96. The lowest BCUT2D eigenvalue weighted by Crippen LogP contribution is -2.42. The number of morpholine rings is 1. The Morgan fingerprint density at radius 1 is 1.36 bits per heavy atom. The number of rotatable bonds is 2. The molecule has 2 rings (SSSR count). The van der Waals surface area contributed by atoms with Crippen molar-refractivity contribution in [2.75, 3.05) is 19.8 Å². The Hall–Kier alpha value is -0.860. The summed E-state index contributed by atoms with van der Waals surface area (Å²) < 4.78 is 5.41. The van der Waals surface area contributed by atoms with Crippen molar-refractivity contribution in [1.29, 1.82) is 0 Å². The molecular weight excluding hydrogens is 174 g/mol. The van der Waals surface area contributed by atoms with Gasteiger partial charge >= 0.3 is 0 Å². The molecule has 0 spiro atoms. The first-order valence-electron chi connectivity index (χ1n) is 5.22. The first kappa shape index (κ1) is 9.69. The van der Waals surface area contributed by atoms with Crippen LogP contribution in [0.2, 0.25) is 0 Å². The van der Waals surface area contributed by atoms with Crippen LogP contribution in [0.4, 0.5) is 0 Å². The summed E-state index contributed by atoms with van der Waals surface area (Å²) in [5.41, 5.74) is 1.39. The van der Waals surface area contributed by atoms with Gasteiger partial charge in [-0.2, -0.15) is 0 Å². The molecule has 0 bridgehead atoms. The predicted molar refractivity (Wildman–Crippen MR) is 57.1 cm³/mol. The lowest BCUT2D eigenvalue weighted by molar-refractivity contribution is -0.00436. The molecule has 1 fully saturated rings. The van der Waals surface area contributed by atoms with E-state index in [0.29, 0.717) is 6.04 Å². The maximum absolute atomic E-state index is 5.41. The second-order valence-electron chi connectivity index (χ2n) is 3.88. The van der Waals surface area contributed by atoms with Gasteiger partial charge in [-0.3, -0.25) is 4.90 Å². The van der Waals surface area contributed by atoms with Gasteiger partial charge in [-0.25, -0.2) is 0 Å². The van der Waals surface area contributed by atoms with Gasteiger partial charge in [0.25, 0.3) is 0 Å². The van der Waals surface area contributed by atoms with Crippen molar-refractivity contribution >= 4 is 0 Å². The summed E-state index contributed by atoms with van der Waals surface area (Å²) in [5, 5.41) is 0. The van der Waals surface area contributed by atoms with Crippen LogP contribution in [0, 0.1) is 0 Å². The van der Waals surface area contributed by atoms with Crippen LogP contribution < -0.4 is 0 Å². The average molecular weight is 191 g/mol. The first-order valence-corrected chi connectivity index (χ1v) is 5.22. The highest BCUT2D eigenvalue weighted by Crippen LogP contribution is 2.11. The van der Waals surface area contributed by atoms with Crippen LogP contribution in [0.1, 0.15) is 12.5 Å². The molecule has 0 saturated carbocycles. The molecule has 0 radical (unpaired) electrons. The molecule has 2 nitrogen and oxygen atoms in total. The van der Waals surface area contributed by atoms with Crippen LogP contribution in [-0.4, -0.2) is 30.7 Å². The minimum atomic E-state index is 0.545. The van der Waals surface area contributed by atoms with E-state index in [-0.39, 0.29) is 0 Å². The molecule has 0 aliphatic carbocycles. The zero-order valence-electron chi connectivity index (χ0n) is 8.65. The zero-order chi connectivity index (χ0) is 9.80. The van der Waals surface area contributed by atoms with Gasteiger partial charge in [0.05, 0.1) is 13.2 Å².